The summed E-state index contributed by atoms with van der Waals surface area (Å²) in [5.74, 6) is -0.121. The van der Waals surface area contributed by atoms with Gasteiger partial charge in [0.2, 0.25) is 0 Å². The van der Waals surface area contributed by atoms with E-state index in [-0.39, 0.29) is 11.7 Å². The largest absolute Gasteiger partial charge is 0.508 e. The van der Waals surface area contributed by atoms with E-state index in [4.69, 9.17) is 9.84 Å². The Kier molecular flexibility index (Phi) is 5.12. The molecule has 0 heterocycles. The van der Waals surface area contributed by atoms with Crippen molar-refractivity contribution in [2.75, 3.05) is 6.61 Å². The number of aromatic hydroxyl groups is 1. The van der Waals surface area contributed by atoms with Gasteiger partial charge in [-0.15, -0.1) is 0 Å². The number of rotatable bonds is 5. The minimum Gasteiger partial charge on any atom is -0.508 e. The van der Waals surface area contributed by atoms with Crippen LogP contribution in [0.3, 0.4) is 0 Å². The molecule has 1 N–H and O–H groups in total. The first-order valence-corrected chi connectivity index (χ1v) is 5.36. The normalized spacial score (nSPS) is 10.6. The molecule has 0 fully saturated rings. The molecule has 16 heavy (non-hydrogen) atoms. The Bertz CT molecular complexity index is 352. The Labute approximate surface area is 95.4 Å². The number of phenolic OH excluding ortho intramolecular Hbond substituents is 1. The number of carbonyl (C=O) groups excluding carboxylic acids is 1. The molecule has 3 heteroatoms. The fourth-order valence-electron chi connectivity index (χ4n) is 1.11. The summed E-state index contributed by atoms with van der Waals surface area (Å²) in [5.41, 5.74) is 0.852. The number of hydrogen-bond donors (Lipinski definition) is 1. The average molecular weight is 220 g/mol. The van der Waals surface area contributed by atoms with Crippen LogP contribution in [-0.2, 0) is 9.53 Å². The van der Waals surface area contributed by atoms with Gasteiger partial charge in [-0.25, -0.2) is 4.79 Å². The van der Waals surface area contributed by atoms with Crippen molar-refractivity contribution in [3.63, 3.8) is 0 Å². The minimum absolute atomic E-state index is 0.211. The van der Waals surface area contributed by atoms with E-state index < -0.39 is 0 Å². The van der Waals surface area contributed by atoms with Gasteiger partial charge in [0, 0.05) is 6.08 Å². The van der Waals surface area contributed by atoms with E-state index >= 15 is 0 Å². The second-order valence-corrected chi connectivity index (χ2v) is 3.45. The Balaban J connectivity index is 2.41. The van der Waals surface area contributed by atoms with Gasteiger partial charge in [-0.1, -0.05) is 25.5 Å². The molecular weight excluding hydrogens is 204 g/mol. The number of ether oxygens (including phenoxy) is 1. The summed E-state index contributed by atoms with van der Waals surface area (Å²) in [7, 11) is 0. The first-order valence-electron chi connectivity index (χ1n) is 5.36. The van der Waals surface area contributed by atoms with E-state index in [1.807, 2.05) is 6.92 Å². The quantitative estimate of drug-likeness (QED) is 0.471. The lowest BCUT2D eigenvalue weighted by Crippen LogP contribution is -2.01. The van der Waals surface area contributed by atoms with Crippen molar-refractivity contribution < 1.29 is 14.6 Å². The highest BCUT2D eigenvalue weighted by atomic mass is 16.5. The molecule has 0 saturated carbocycles. The van der Waals surface area contributed by atoms with Gasteiger partial charge < -0.3 is 9.84 Å². The number of esters is 1. The Hall–Kier alpha value is -1.77. The van der Waals surface area contributed by atoms with Crippen LogP contribution >= 0.6 is 0 Å². The number of carbonyl (C=O) groups is 1. The van der Waals surface area contributed by atoms with E-state index in [0.717, 1.165) is 18.4 Å². The van der Waals surface area contributed by atoms with E-state index in [1.54, 1.807) is 30.3 Å². The maximum atomic E-state index is 11.2. The maximum absolute atomic E-state index is 11.2. The van der Waals surface area contributed by atoms with Crippen LogP contribution in [-0.4, -0.2) is 17.7 Å². The number of unbranched alkanes of at least 4 members (excludes halogenated alkanes) is 1. The third kappa shape index (κ3) is 4.64. The fraction of sp³-hybridized carbons (Fsp3) is 0.308. The van der Waals surface area contributed by atoms with Gasteiger partial charge in [-0.05, 0) is 30.2 Å². The summed E-state index contributed by atoms with van der Waals surface area (Å²) >= 11 is 0. The van der Waals surface area contributed by atoms with E-state index in [2.05, 4.69) is 0 Å². The summed E-state index contributed by atoms with van der Waals surface area (Å²) < 4.78 is 4.95. The van der Waals surface area contributed by atoms with Crippen molar-refractivity contribution in [2.24, 2.45) is 0 Å². The highest BCUT2D eigenvalue weighted by Gasteiger charge is 1.95. The monoisotopic (exact) mass is 220 g/mol. The molecule has 0 aromatic heterocycles. The van der Waals surface area contributed by atoms with Crippen LogP contribution in [0.4, 0.5) is 0 Å². The molecule has 1 aromatic rings. The Morgan fingerprint density at radius 2 is 2.06 bits per heavy atom. The van der Waals surface area contributed by atoms with E-state index in [0.29, 0.717) is 6.61 Å². The smallest absolute Gasteiger partial charge is 0.330 e. The topological polar surface area (TPSA) is 46.5 Å². The second kappa shape index (κ2) is 6.67. The summed E-state index contributed by atoms with van der Waals surface area (Å²) in [6.07, 6.45) is 4.95. The summed E-state index contributed by atoms with van der Waals surface area (Å²) in [4.78, 5) is 11.2. The first-order chi connectivity index (χ1) is 7.72. The molecule has 1 aromatic carbocycles. The predicted molar refractivity (Wildman–Crippen MR) is 63.0 cm³/mol. The third-order valence-corrected chi connectivity index (χ3v) is 2.05. The van der Waals surface area contributed by atoms with Gasteiger partial charge in [-0.2, -0.15) is 0 Å². The summed E-state index contributed by atoms with van der Waals surface area (Å²) in [5, 5.41) is 9.06. The zero-order valence-electron chi connectivity index (χ0n) is 9.35. The van der Waals surface area contributed by atoms with Crippen LogP contribution in [0.15, 0.2) is 30.3 Å². The second-order valence-electron chi connectivity index (χ2n) is 3.45. The lowest BCUT2D eigenvalue weighted by molar-refractivity contribution is -0.137. The van der Waals surface area contributed by atoms with Crippen molar-refractivity contribution in [2.45, 2.75) is 19.8 Å². The molecule has 0 spiro atoms. The van der Waals surface area contributed by atoms with Gasteiger partial charge >= 0.3 is 5.97 Å². The van der Waals surface area contributed by atoms with Crippen LogP contribution < -0.4 is 0 Å². The molecule has 0 unspecified atom stereocenters. The van der Waals surface area contributed by atoms with E-state index in [1.165, 1.54) is 6.08 Å². The zero-order chi connectivity index (χ0) is 11.8. The molecule has 1 rings (SSSR count). The first kappa shape index (κ1) is 12.3. The van der Waals surface area contributed by atoms with Crippen molar-refractivity contribution >= 4 is 12.0 Å². The van der Waals surface area contributed by atoms with Gasteiger partial charge in [0.1, 0.15) is 5.75 Å². The van der Waals surface area contributed by atoms with Crippen LogP contribution in [0.25, 0.3) is 6.08 Å². The Morgan fingerprint density at radius 1 is 1.38 bits per heavy atom. The zero-order valence-corrected chi connectivity index (χ0v) is 9.35. The van der Waals surface area contributed by atoms with Gasteiger partial charge in [0.25, 0.3) is 0 Å². The average Bonchev–Trinajstić information content (AvgIpc) is 2.29. The molecule has 0 amide bonds. The number of hydrogen-bond acceptors (Lipinski definition) is 3. The fourth-order valence-corrected chi connectivity index (χ4v) is 1.11. The molecule has 3 nitrogen and oxygen atoms in total. The van der Waals surface area contributed by atoms with Crippen molar-refractivity contribution in [3.8, 4) is 5.75 Å². The molecule has 0 aliphatic rings. The molecule has 0 saturated heterocycles. The Morgan fingerprint density at radius 3 is 2.69 bits per heavy atom. The van der Waals surface area contributed by atoms with Gasteiger partial charge in [0.05, 0.1) is 6.61 Å². The van der Waals surface area contributed by atoms with Gasteiger partial charge in [-0.3, -0.25) is 0 Å². The van der Waals surface area contributed by atoms with Crippen LogP contribution in [0.1, 0.15) is 25.3 Å². The van der Waals surface area contributed by atoms with E-state index in [9.17, 15) is 4.79 Å². The third-order valence-electron chi connectivity index (χ3n) is 2.05. The van der Waals surface area contributed by atoms with Crippen molar-refractivity contribution in [1.82, 2.24) is 0 Å². The highest BCUT2D eigenvalue weighted by Crippen LogP contribution is 2.10. The maximum Gasteiger partial charge on any atom is 0.330 e. The van der Waals surface area contributed by atoms with Gasteiger partial charge in [0.15, 0.2) is 0 Å². The van der Waals surface area contributed by atoms with Crippen LogP contribution in [0, 0.1) is 0 Å². The highest BCUT2D eigenvalue weighted by molar-refractivity contribution is 5.87. The van der Waals surface area contributed by atoms with Crippen molar-refractivity contribution in [3.05, 3.63) is 35.9 Å². The minimum atomic E-state index is -0.332. The number of phenols is 1. The molecule has 0 bridgehead atoms. The number of benzene rings is 1. The standard InChI is InChI=1S/C13H16O3/c1-2-3-10-16-13(15)9-6-11-4-7-12(14)8-5-11/h4-9,14H,2-3,10H2,1H3. The summed E-state index contributed by atoms with van der Waals surface area (Å²) in [6, 6.07) is 6.60. The summed E-state index contributed by atoms with van der Waals surface area (Å²) in [6.45, 7) is 2.51. The SMILES string of the molecule is CCCCOC(=O)C=Cc1ccc(O)cc1. The molecule has 0 aliphatic heterocycles. The molecule has 86 valence electrons. The lowest BCUT2D eigenvalue weighted by Gasteiger charge is -1.99. The molecule has 0 atom stereocenters. The van der Waals surface area contributed by atoms with Crippen molar-refractivity contribution in [1.29, 1.82) is 0 Å². The molecule has 0 radical (unpaired) electrons. The molecular formula is C13H16O3. The van der Waals surface area contributed by atoms with Crippen LogP contribution in [0.2, 0.25) is 0 Å². The lowest BCUT2D eigenvalue weighted by atomic mass is 10.2. The predicted octanol–water partition coefficient (Wildman–Crippen LogP) is 2.75. The molecule has 0 aliphatic carbocycles. The van der Waals surface area contributed by atoms with Crippen LogP contribution in [0.5, 0.6) is 5.75 Å².